The van der Waals surface area contributed by atoms with Crippen molar-refractivity contribution >= 4 is 70.1 Å². The minimum atomic E-state index is -0.687. The number of pyridine rings is 1. The van der Waals surface area contributed by atoms with Crippen molar-refractivity contribution in [1.82, 2.24) is 30.1 Å². The Morgan fingerprint density at radius 2 is 1.82 bits per heavy atom. The van der Waals surface area contributed by atoms with Crippen LogP contribution in [0.25, 0.3) is 11.0 Å². The van der Waals surface area contributed by atoms with Gasteiger partial charge in [0.15, 0.2) is 0 Å². The molecule has 1 aliphatic heterocycles. The monoisotopic (exact) mass is 658 g/mol. The van der Waals surface area contributed by atoms with Crippen LogP contribution < -0.4 is 21.5 Å². The summed E-state index contributed by atoms with van der Waals surface area (Å²) in [5.74, 6) is -0.653. The van der Waals surface area contributed by atoms with E-state index in [2.05, 4.69) is 47.7 Å². The molecular formula is C30H33Cl3N8O3. The number of H-pyrrole nitrogens is 1. The molecule has 3 heterocycles. The third-order valence-corrected chi connectivity index (χ3v) is 7.75. The maximum Gasteiger partial charge on any atom is 0.262 e. The zero-order valence-corrected chi connectivity index (χ0v) is 26.4. The number of nitrogens with zero attached hydrogens (tertiary/aromatic N) is 4. The molecular weight excluding hydrogens is 627 g/mol. The van der Waals surface area contributed by atoms with Crippen molar-refractivity contribution in [2.24, 2.45) is 0 Å². The number of hydrogen-bond donors (Lipinski definition) is 4. The number of amides is 2. The standard InChI is InChI=1S/C30H32Cl2N8O3.ClH/c1-39-10-12-40(13-11-39)9-3-8-33-30-35-18-21-15-23(29(43)37-26(21)38-30)28(42)36-25-16-20(6-7-24(25)32)27(41)34-17-19-4-2-5-22(31)14-19;/h2,4-7,14-16,18H,3,8-13,17H2,1H3,(H,34,41)(H,36,42)(H2,33,35,37,38,43);1H. The molecule has 1 fully saturated rings. The lowest BCUT2D eigenvalue weighted by Crippen LogP contribution is -2.44. The van der Waals surface area contributed by atoms with Gasteiger partial charge in [-0.3, -0.25) is 14.4 Å². The lowest BCUT2D eigenvalue weighted by Gasteiger charge is -2.32. The van der Waals surface area contributed by atoms with Crippen molar-refractivity contribution in [3.63, 3.8) is 0 Å². The molecule has 0 atom stereocenters. The lowest BCUT2D eigenvalue weighted by atomic mass is 10.1. The molecule has 2 aromatic carbocycles. The zero-order chi connectivity index (χ0) is 30.3. The Kier molecular flexibility index (Phi) is 11.5. The molecule has 1 aliphatic rings. The molecule has 0 aliphatic carbocycles. The topological polar surface area (TPSA) is 135 Å². The normalized spacial score (nSPS) is 13.7. The molecule has 0 bridgehead atoms. The summed E-state index contributed by atoms with van der Waals surface area (Å²) >= 11 is 12.3. The number of carbonyl (C=O) groups is 2. The fraction of sp³-hybridized carbons (Fsp3) is 0.300. The number of halogens is 3. The number of rotatable bonds is 10. The summed E-state index contributed by atoms with van der Waals surface area (Å²) in [6.45, 7) is 6.25. The zero-order valence-electron chi connectivity index (χ0n) is 24.0. The van der Waals surface area contributed by atoms with E-state index in [1.165, 1.54) is 18.2 Å². The lowest BCUT2D eigenvalue weighted by molar-refractivity contribution is 0.0949. The van der Waals surface area contributed by atoms with E-state index >= 15 is 0 Å². The van der Waals surface area contributed by atoms with Crippen LogP contribution in [0.15, 0.2) is 59.5 Å². The van der Waals surface area contributed by atoms with E-state index in [9.17, 15) is 14.4 Å². The van der Waals surface area contributed by atoms with Crippen molar-refractivity contribution in [1.29, 1.82) is 0 Å². The summed E-state index contributed by atoms with van der Waals surface area (Å²) < 4.78 is 0. The van der Waals surface area contributed by atoms with E-state index in [0.29, 0.717) is 28.5 Å². The second kappa shape index (κ2) is 15.3. The van der Waals surface area contributed by atoms with Gasteiger partial charge in [0.05, 0.1) is 10.7 Å². The van der Waals surface area contributed by atoms with Gasteiger partial charge < -0.3 is 30.7 Å². The first-order chi connectivity index (χ1) is 20.7. The molecule has 11 nitrogen and oxygen atoms in total. The van der Waals surface area contributed by atoms with E-state index in [-0.39, 0.29) is 46.7 Å². The highest BCUT2D eigenvalue weighted by Crippen LogP contribution is 2.24. The fourth-order valence-corrected chi connectivity index (χ4v) is 5.08. The largest absolute Gasteiger partial charge is 0.354 e. The molecule has 0 saturated carbocycles. The molecule has 2 aromatic heterocycles. The van der Waals surface area contributed by atoms with E-state index in [4.69, 9.17) is 23.2 Å². The average Bonchev–Trinajstić information content (AvgIpc) is 2.99. The number of anilines is 2. The number of piperazine rings is 1. The highest BCUT2D eigenvalue weighted by Gasteiger charge is 2.17. The molecule has 44 heavy (non-hydrogen) atoms. The van der Waals surface area contributed by atoms with E-state index < -0.39 is 11.5 Å². The van der Waals surface area contributed by atoms with Gasteiger partial charge in [0.2, 0.25) is 5.95 Å². The Hall–Kier alpha value is -3.74. The van der Waals surface area contributed by atoms with Crippen LogP contribution in [0, 0.1) is 0 Å². The molecule has 232 valence electrons. The Balaban J connectivity index is 0.00000442. The number of carbonyl (C=O) groups excluding carboxylic acids is 2. The molecule has 0 unspecified atom stereocenters. The molecule has 5 rings (SSSR count). The highest BCUT2D eigenvalue weighted by molar-refractivity contribution is 6.34. The summed E-state index contributed by atoms with van der Waals surface area (Å²) in [6, 6.07) is 13.1. The van der Waals surface area contributed by atoms with Gasteiger partial charge in [0, 0.05) is 61.4 Å². The molecule has 14 heteroatoms. The SMILES string of the molecule is CN1CCN(CCCNc2ncc3cc(C(=O)Nc4cc(C(=O)NCc5cccc(Cl)c5)ccc4Cl)c(=O)[nH]c3n2)CC1.Cl. The second-order valence-electron chi connectivity index (χ2n) is 10.4. The maximum atomic E-state index is 13.1. The number of nitrogens with one attached hydrogen (secondary N) is 4. The summed E-state index contributed by atoms with van der Waals surface area (Å²) in [5.41, 5.74) is 0.869. The van der Waals surface area contributed by atoms with Crippen LogP contribution in [0.4, 0.5) is 11.6 Å². The van der Waals surface area contributed by atoms with Crippen LogP contribution in [0.3, 0.4) is 0 Å². The second-order valence-corrected chi connectivity index (χ2v) is 11.2. The highest BCUT2D eigenvalue weighted by atomic mass is 35.5. The average molecular weight is 660 g/mol. The number of hydrogen-bond acceptors (Lipinski definition) is 8. The smallest absolute Gasteiger partial charge is 0.262 e. The van der Waals surface area contributed by atoms with Gasteiger partial charge in [0.25, 0.3) is 17.4 Å². The maximum absolute atomic E-state index is 13.1. The Bertz CT molecular complexity index is 1690. The molecule has 0 radical (unpaired) electrons. The Labute approximate surface area is 270 Å². The summed E-state index contributed by atoms with van der Waals surface area (Å²) in [4.78, 5) is 54.8. The number of likely N-dealkylation sites (N-methyl/N-ethyl adjacent to an activating group) is 1. The van der Waals surface area contributed by atoms with Crippen LogP contribution in [0.2, 0.25) is 10.0 Å². The number of aromatic nitrogens is 3. The summed E-state index contributed by atoms with van der Waals surface area (Å²) in [7, 11) is 2.14. The minimum absolute atomic E-state index is 0. The van der Waals surface area contributed by atoms with E-state index in [0.717, 1.165) is 44.7 Å². The van der Waals surface area contributed by atoms with Gasteiger partial charge >= 0.3 is 0 Å². The van der Waals surface area contributed by atoms with Crippen LogP contribution in [0.5, 0.6) is 0 Å². The van der Waals surface area contributed by atoms with Crippen molar-refractivity contribution in [3.8, 4) is 0 Å². The number of aromatic amines is 1. The predicted molar refractivity (Wildman–Crippen MR) is 176 cm³/mol. The van der Waals surface area contributed by atoms with Crippen LogP contribution in [-0.2, 0) is 6.54 Å². The van der Waals surface area contributed by atoms with E-state index in [1.54, 1.807) is 30.5 Å². The first kappa shape index (κ1) is 33.2. The Morgan fingerprint density at radius 1 is 1.02 bits per heavy atom. The van der Waals surface area contributed by atoms with Gasteiger partial charge in [-0.25, -0.2) is 4.98 Å². The summed E-state index contributed by atoms with van der Waals surface area (Å²) in [5, 5.41) is 9.92. The van der Waals surface area contributed by atoms with Crippen molar-refractivity contribution in [2.75, 3.05) is 56.9 Å². The predicted octanol–water partition coefficient (Wildman–Crippen LogP) is 4.28. The van der Waals surface area contributed by atoms with Crippen molar-refractivity contribution < 1.29 is 9.59 Å². The van der Waals surface area contributed by atoms with Gasteiger partial charge in [-0.1, -0.05) is 35.3 Å². The van der Waals surface area contributed by atoms with Gasteiger partial charge in [-0.2, -0.15) is 4.98 Å². The third kappa shape index (κ3) is 8.67. The quantitative estimate of drug-likeness (QED) is 0.185. The van der Waals surface area contributed by atoms with Crippen LogP contribution in [0.1, 0.15) is 32.7 Å². The van der Waals surface area contributed by atoms with Gasteiger partial charge in [-0.15, -0.1) is 12.4 Å². The fourth-order valence-electron chi connectivity index (χ4n) is 4.70. The molecule has 4 aromatic rings. The number of benzene rings is 2. The molecule has 0 spiro atoms. The summed E-state index contributed by atoms with van der Waals surface area (Å²) in [6.07, 6.45) is 2.49. The first-order valence-corrected chi connectivity index (χ1v) is 14.7. The third-order valence-electron chi connectivity index (χ3n) is 7.19. The van der Waals surface area contributed by atoms with E-state index in [1.807, 2.05) is 6.07 Å². The van der Waals surface area contributed by atoms with Crippen LogP contribution in [-0.4, -0.2) is 82.9 Å². The van der Waals surface area contributed by atoms with Crippen molar-refractivity contribution in [3.05, 3.63) is 91.8 Å². The molecule has 1 saturated heterocycles. The minimum Gasteiger partial charge on any atom is -0.354 e. The Morgan fingerprint density at radius 3 is 2.59 bits per heavy atom. The van der Waals surface area contributed by atoms with Crippen LogP contribution >= 0.6 is 35.6 Å². The first-order valence-electron chi connectivity index (χ1n) is 13.9. The molecule has 2 amide bonds. The van der Waals surface area contributed by atoms with Crippen molar-refractivity contribution in [2.45, 2.75) is 13.0 Å². The molecule has 4 N–H and O–H groups in total. The van der Waals surface area contributed by atoms with Gasteiger partial charge in [0.1, 0.15) is 11.2 Å². The number of fused-ring (bicyclic) bond motifs is 1. The van der Waals surface area contributed by atoms with Gasteiger partial charge in [-0.05, 0) is 62.0 Å².